The maximum Gasteiger partial charge on any atom is 0.413 e. The lowest BCUT2D eigenvalue weighted by Crippen LogP contribution is -2.34. The van der Waals surface area contributed by atoms with Crippen LogP contribution in [0.4, 0.5) is 15.5 Å². The lowest BCUT2D eigenvalue weighted by molar-refractivity contribution is 0.0936. The molecular formula is C27H30N4O6S2. The number of anilines is 2. The van der Waals surface area contributed by atoms with E-state index in [1.54, 1.807) is 30.3 Å². The Hall–Kier alpha value is -3.74. The summed E-state index contributed by atoms with van der Waals surface area (Å²) in [7, 11) is -1.21. The van der Waals surface area contributed by atoms with Gasteiger partial charge in [0.2, 0.25) is 0 Å². The molecular weight excluding hydrogens is 540 g/mol. The molecule has 1 aromatic heterocycles. The van der Waals surface area contributed by atoms with E-state index in [-0.39, 0.29) is 16.0 Å². The number of para-hydroxylation sites is 1. The number of fused-ring (bicyclic) bond motifs is 1. The molecule has 1 aliphatic heterocycles. The minimum Gasteiger partial charge on any atom is -0.453 e. The molecule has 39 heavy (non-hydrogen) atoms. The molecule has 0 spiro atoms. The fraction of sp³-hybridized carbons (Fsp3) is 0.296. The Morgan fingerprint density at radius 3 is 2.38 bits per heavy atom. The van der Waals surface area contributed by atoms with Crippen LogP contribution in [0.1, 0.15) is 44.5 Å². The molecule has 3 aromatic rings. The van der Waals surface area contributed by atoms with Gasteiger partial charge in [0.1, 0.15) is 5.00 Å². The quantitative estimate of drug-likeness (QED) is 0.418. The van der Waals surface area contributed by atoms with Crippen molar-refractivity contribution in [2.24, 2.45) is 0 Å². The van der Waals surface area contributed by atoms with Gasteiger partial charge >= 0.3 is 6.09 Å². The fourth-order valence-corrected chi connectivity index (χ4v) is 6.86. The molecule has 0 atom stereocenters. The number of benzene rings is 2. The molecule has 1 aliphatic rings. The van der Waals surface area contributed by atoms with Crippen molar-refractivity contribution in [2.75, 3.05) is 36.9 Å². The summed E-state index contributed by atoms with van der Waals surface area (Å²) in [5, 5.41) is 5.31. The van der Waals surface area contributed by atoms with Crippen LogP contribution in [0.15, 0.2) is 59.5 Å². The van der Waals surface area contributed by atoms with E-state index in [1.165, 1.54) is 54.1 Å². The highest BCUT2D eigenvalue weighted by molar-refractivity contribution is 7.92. The molecule has 0 aliphatic carbocycles. The molecule has 206 valence electrons. The number of nitrogens with zero attached hydrogens (tertiary/aromatic N) is 2. The van der Waals surface area contributed by atoms with Crippen molar-refractivity contribution in [3.05, 3.63) is 76.2 Å². The maximum absolute atomic E-state index is 13.2. The SMILES string of the molecule is CCCN1CCc2c(sc(NC(=O)c3ccc(S(=O)(=O)N(C)c4ccccc4)cc3)c2C(=O)NC(=O)OC)C1. The molecule has 2 aromatic carbocycles. The minimum atomic E-state index is -3.84. The van der Waals surface area contributed by atoms with E-state index >= 15 is 0 Å². The number of nitrogens with one attached hydrogen (secondary N) is 2. The number of hydrogen-bond acceptors (Lipinski definition) is 8. The second-order valence-electron chi connectivity index (χ2n) is 8.97. The van der Waals surface area contributed by atoms with E-state index in [1.807, 2.05) is 0 Å². The Morgan fingerprint density at radius 1 is 1.05 bits per heavy atom. The number of carbonyl (C=O) groups is 3. The zero-order chi connectivity index (χ0) is 28.2. The van der Waals surface area contributed by atoms with Crippen LogP contribution < -0.4 is 14.9 Å². The molecule has 10 nitrogen and oxygen atoms in total. The van der Waals surface area contributed by atoms with Crippen LogP contribution in [-0.4, -0.2) is 58.5 Å². The highest BCUT2D eigenvalue weighted by Crippen LogP contribution is 2.37. The first-order chi connectivity index (χ1) is 18.6. The van der Waals surface area contributed by atoms with E-state index in [0.29, 0.717) is 23.7 Å². The first-order valence-corrected chi connectivity index (χ1v) is 14.6. The standard InChI is InChI=1S/C27H30N4O6S2/c1-4-15-31-16-14-21-22(17-31)38-26(23(21)25(33)29-27(34)37-3)28-24(32)18-10-12-20(13-11-18)39(35,36)30(2)19-8-6-5-7-9-19/h5-13H,4,14-17H2,1-3H3,(H,28,32)(H,29,33,34). The fourth-order valence-electron chi connectivity index (χ4n) is 4.39. The third kappa shape index (κ3) is 6.13. The van der Waals surface area contributed by atoms with Gasteiger partial charge in [0.15, 0.2) is 0 Å². The second-order valence-corrected chi connectivity index (χ2v) is 12.0. The average Bonchev–Trinajstić information content (AvgIpc) is 3.30. The molecule has 3 amide bonds. The van der Waals surface area contributed by atoms with Gasteiger partial charge in [-0.1, -0.05) is 25.1 Å². The van der Waals surface area contributed by atoms with Crippen molar-refractivity contribution < 1.29 is 27.5 Å². The van der Waals surface area contributed by atoms with Gasteiger partial charge in [0.25, 0.3) is 21.8 Å². The number of thiophene rings is 1. The lowest BCUT2D eigenvalue weighted by atomic mass is 10.0. The Bertz CT molecular complexity index is 1470. The van der Waals surface area contributed by atoms with Crippen LogP contribution >= 0.6 is 11.3 Å². The highest BCUT2D eigenvalue weighted by Gasteiger charge is 2.30. The second kappa shape index (κ2) is 12.0. The van der Waals surface area contributed by atoms with Crippen molar-refractivity contribution in [1.82, 2.24) is 10.2 Å². The number of hydrogen-bond donors (Lipinski definition) is 2. The Kier molecular flexibility index (Phi) is 8.68. The van der Waals surface area contributed by atoms with Gasteiger partial charge in [0.05, 0.1) is 23.3 Å². The minimum absolute atomic E-state index is 0.0335. The third-order valence-electron chi connectivity index (χ3n) is 6.43. The first kappa shape index (κ1) is 28.3. The van der Waals surface area contributed by atoms with Gasteiger partial charge in [-0.05, 0) is 61.3 Å². The topological polar surface area (TPSA) is 125 Å². The van der Waals surface area contributed by atoms with Crippen molar-refractivity contribution >= 4 is 50.0 Å². The number of alkyl carbamates (subject to hydrolysis) is 1. The highest BCUT2D eigenvalue weighted by atomic mass is 32.2. The molecule has 12 heteroatoms. The van der Waals surface area contributed by atoms with Gasteiger partial charge in [-0.25, -0.2) is 13.2 Å². The predicted octanol–water partition coefficient (Wildman–Crippen LogP) is 4.09. The monoisotopic (exact) mass is 570 g/mol. The zero-order valence-electron chi connectivity index (χ0n) is 21.9. The first-order valence-electron chi connectivity index (χ1n) is 12.4. The molecule has 0 saturated heterocycles. The number of rotatable bonds is 8. The van der Waals surface area contributed by atoms with Crippen molar-refractivity contribution in [3.8, 4) is 0 Å². The van der Waals surface area contributed by atoms with Crippen LogP contribution in [0.3, 0.4) is 0 Å². The molecule has 0 bridgehead atoms. The number of imide groups is 1. The van der Waals surface area contributed by atoms with Crippen LogP contribution in [0.2, 0.25) is 0 Å². The summed E-state index contributed by atoms with van der Waals surface area (Å²) in [6.45, 7) is 4.42. The number of amides is 3. The Labute approximate surface area is 231 Å². The summed E-state index contributed by atoms with van der Waals surface area (Å²) in [6.07, 6.45) is 0.706. The molecule has 0 radical (unpaired) electrons. The normalized spacial score (nSPS) is 13.3. The summed E-state index contributed by atoms with van der Waals surface area (Å²) >= 11 is 1.30. The Balaban J connectivity index is 1.58. The van der Waals surface area contributed by atoms with E-state index in [9.17, 15) is 22.8 Å². The van der Waals surface area contributed by atoms with Crippen molar-refractivity contribution in [1.29, 1.82) is 0 Å². The summed E-state index contributed by atoms with van der Waals surface area (Å²) in [6, 6.07) is 14.3. The zero-order valence-corrected chi connectivity index (χ0v) is 23.5. The Morgan fingerprint density at radius 2 is 1.74 bits per heavy atom. The number of methoxy groups -OCH3 is 1. The van der Waals surface area contributed by atoms with E-state index in [0.717, 1.165) is 30.0 Å². The summed E-state index contributed by atoms with van der Waals surface area (Å²) in [5.74, 6) is -1.16. The molecule has 0 saturated carbocycles. The van der Waals surface area contributed by atoms with Crippen LogP contribution in [0, 0.1) is 0 Å². The van der Waals surface area contributed by atoms with Crippen LogP contribution in [-0.2, 0) is 27.7 Å². The average molecular weight is 571 g/mol. The lowest BCUT2D eigenvalue weighted by Gasteiger charge is -2.26. The molecule has 0 unspecified atom stereocenters. The van der Waals surface area contributed by atoms with Crippen LogP contribution in [0.25, 0.3) is 0 Å². The number of carbonyl (C=O) groups excluding carboxylic acids is 3. The summed E-state index contributed by atoms with van der Waals surface area (Å²) in [4.78, 5) is 41.1. The van der Waals surface area contributed by atoms with Gasteiger partial charge in [-0.15, -0.1) is 11.3 Å². The largest absolute Gasteiger partial charge is 0.453 e. The maximum atomic E-state index is 13.2. The molecule has 2 N–H and O–H groups in total. The van der Waals surface area contributed by atoms with E-state index in [2.05, 4.69) is 27.2 Å². The molecule has 0 fully saturated rings. The molecule has 4 rings (SSSR count). The summed E-state index contributed by atoms with van der Waals surface area (Å²) in [5.41, 5.74) is 1.77. The van der Waals surface area contributed by atoms with Gasteiger partial charge < -0.3 is 10.1 Å². The van der Waals surface area contributed by atoms with E-state index < -0.39 is 27.9 Å². The smallest absolute Gasteiger partial charge is 0.413 e. The third-order valence-corrected chi connectivity index (χ3v) is 9.36. The molecule has 2 heterocycles. The number of sulfonamides is 1. The predicted molar refractivity (Wildman–Crippen MR) is 150 cm³/mol. The van der Waals surface area contributed by atoms with Crippen LogP contribution in [0.5, 0.6) is 0 Å². The number of ether oxygens (including phenoxy) is 1. The van der Waals surface area contributed by atoms with Crippen molar-refractivity contribution in [2.45, 2.75) is 31.2 Å². The van der Waals surface area contributed by atoms with Gasteiger partial charge in [-0.3, -0.25) is 24.1 Å². The summed E-state index contributed by atoms with van der Waals surface area (Å²) < 4.78 is 31.9. The van der Waals surface area contributed by atoms with Gasteiger partial charge in [0, 0.05) is 30.6 Å². The van der Waals surface area contributed by atoms with E-state index in [4.69, 9.17) is 0 Å². The van der Waals surface area contributed by atoms with Gasteiger partial charge in [-0.2, -0.15) is 0 Å². The van der Waals surface area contributed by atoms with Crippen molar-refractivity contribution in [3.63, 3.8) is 0 Å².